The van der Waals surface area contributed by atoms with Gasteiger partial charge < -0.3 is 4.90 Å². The number of Topliss-reactive ketones (excluding diaryl/α,β-unsaturated/α-hetero) is 1. The zero-order valence-electron chi connectivity index (χ0n) is 21.5. The Bertz CT molecular complexity index is 808. The molecule has 33 heavy (non-hydrogen) atoms. The van der Waals surface area contributed by atoms with Crippen LogP contribution >= 0.6 is 0 Å². The van der Waals surface area contributed by atoms with Gasteiger partial charge in [0.1, 0.15) is 11.5 Å². The van der Waals surface area contributed by atoms with Gasteiger partial charge >= 0.3 is 0 Å². The molecule has 0 spiro atoms. The van der Waals surface area contributed by atoms with Crippen molar-refractivity contribution in [3.63, 3.8) is 0 Å². The van der Waals surface area contributed by atoms with Crippen molar-refractivity contribution in [1.29, 1.82) is 0 Å². The number of hydrogen-bond donors (Lipinski definition) is 0. The van der Waals surface area contributed by atoms with Crippen LogP contribution in [0.5, 0.6) is 0 Å². The van der Waals surface area contributed by atoms with Crippen LogP contribution in [-0.2, 0) is 4.79 Å². The average molecular weight is 467 g/mol. The fourth-order valence-corrected chi connectivity index (χ4v) is 4.06. The Kier molecular flexibility index (Phi) is 11.4. The van der Waals surface area contributed by atoms with E-state index in [0.29, 0.717) is 43.1 Å². The second-order valence-corrected chi connectivity index (χ2v) is 9.53. The van der Waals surface area contributed by atoms with E-state index in [4.69, 9.17) is 0 Å². The summed E-state index contributed by atoms with van der Waals surface area (Å²) in [7, 11) is 1.84. The molecule has 0 radical (unpaired) electrons. The van der Waals surface area contributed by atoms with Gasteiger partial charge in [-0.05, 0) is 50.7 Å². The van der Waals surface area contributed by atoms with Crippen LogP contribution in [0.1, 0.15) is 85.8 Å². The van der Waals surface area contributed by atoms with Crippen LogP contribution < -0.4 is 0 Å². The lowest BCUT2D eigenvalue weighted by atomic mass is 9.90. The van der Waals surface area contributed by atoms with Gasteiger partial charge in [0.15, 0.2) is 12.0 Å². The summed E-state index contributed by atoms with van der Waals surface area (Å²) in [5, 5.41) is 0. The second kappa shape index (κ2) is 13.0. The molecule has 2 rings (SSSR count). The molecule has 0 bridgehead atoms. The van der Waals surface area contributed by atoms with E-state index >= 15 is 0 Å². The normalized spacial score (nSPS) is 20.5. The van der Waals surface area contributed by atoms with Crippen molar-refractivity contribution in [2.75, 3.05) is 7.05 Å². The smallest absolute Gasteiger partial charge is 0.248 e. The molecule has 0 amide bonds. The van der Waals surface area contributed by atoms with E-state index in [2.05, 4.69) is 4.99 Å². The number of allylic oxidation sites excluding steroid dienone is 2. The number of likely N-dealkylation sites (tertiary alicyclic amines) is 1. The lowest BCUT2D eigenvalue weighted by molar-refractivity contribution is -0.115. The third-order valence-corrected chi connectivity index (χ3v) is 5.97. The largest absolute Gasteiger partial charge is 0.353 e. The number of carbonyl (C=O) groups excluding carboxylic acids is 1. The van der Waals surface area contributed by atoms with Gasteiger partial charge in [0, 0.05) is 25.8 Å². The van der Waals surface area contributed by atoms with Gasteiger partial charge in [0.25, 0.3) is 0 Å². The summed E-state index contributed by atoms with van der Waals surface area (Å²) in [5.41, 5.74) is 2.28. The molecule has 0 aromatic heterocycles. The fourth-order valence-electron chi connectivity index (χ4n) is 4.06. The van der Waals surface area contributed by atoms with Gasteiger partial charge in [0.2, 0.25) is 5.92 Å². The minimum atomic E-state index is -2.50. The molecule has 1 aliphatic heterocycles. The third kappa shape index (κ3) is 8.63. The molecule has 3 unspecified atom stereocenters. The Hall–Kier alpha value is -2.11. The highest BCUT2D eigenvalue weighted by Gasteiger charge is 2.37. The lowest BCUT2D eigenvalue weighted by Gasteiger charge is -2.23. The highest BCUT2D eigenvalue weighted by atomic mass is 19.3. The number of alkyl halides is 3. The molecule has 1 aliphatic rings. The quantitative estimate of drug-likeness (QED) is 0.366. The summed E-state index contributed by atoms with van der Waals surface area (Å²) in [6.45, 7) is 12.3. The number of nitrogens with zero attached hydrogens (tertiary/aromatic N) is 2. The number of aliphatic imine (C=N–C) groups is 1. The predicted molar refractivity (Wildman–Crippen MR) is 131 cm³/mol. The van der Waals surface area contributed by atoms with Crippen molar-refractivity contribution in [2.45, 2.75) is 92.3 Å². The molecule has 1 aromatic rings. The van der Waals surface area contributed by atoms with Gasteiger partial charge in [-0.15, -0.1) is 0 Å². The molecule has 1 fully saturated rings. The highest BCUT2D eigenvalue weighted by molar-refractivity contribution is 6.00. The minimum absolute atomic E-state index is 0.0370. The standard InChI is InChI=1S/C18H23FN2O.C9H18F2/c1-5-16(22)17(12(2)3)20-18-14(19)11-15(21(18)4)13-9-7-6-8-10-13;1-5-8(6-7(2)3)9(4,10)11/h6-10,14-15H,5,11H2,1-4H3;7-8H,5-6H2,1-4H3. The molecule has 3 nitrogen and oxygen atoms in total. The van der Waals surface area contributed by atoms with E-state index in [1.54, 1.807) is 6.92 Å². The van der Waals surface area contributed by atoms with E-state index in [9.17, 15) is 18.0 Å². The van der Waals surface area contributed by atoms with Crippen LogP contribution in [0.25, 0.3) is 0 Å². The van der Waals surface area contributed by atoms with Gasteiger partial charge in [-0.2, -0.15) is 0 Å². The van der Waals surface area contributed by atoms with Crippen LogP contribution in [0, 0.1) is 11.8 Å². The molecule has 3 atom stereocenters. The number of hydrogen-bond acceptors (Lipinski definition) is 2. The molecule has 6 heteroatoms. The third-order valence-electron chi connectivity index (χ3n) is 5.97. The maximum absolute atomic E-state index is 14.5. The molecular weight excluding hydrogens is 425 g/mol. The summed E-state index contributed by atoms with van der Waals surface area (Å²) in [4.78, 5) is 18.2. The Labute approximate surface area is 198 Å². The van der Waals surface area contributed by atoms with Gasteiger partial charge in [0.05, 0.1) is 6.04 Å². The van der Waals surface area contributed by atoms with Gasteiger partial charge in [-0.25, -0.2) is 18.2 Å². The monoisotopic (exact) mass is 466 g/mol. The first-order chi connectivity index (χ1) is 15.3. The van der Waals surface area contributed by atoms with Crippen molar-refractivity contribution in [1.82, 2.24) is 4.90 Å². The average Bonchev–Trinajstić information content (AvgIpc) is 3.03. The molecule has 1 aromatic carbocycles. The first-order valence-corrected chi connectivity index (χ1v) is 11.9. The van der Waals surface area contributed by atoms with Crippen molar-refractivity contribution in [3.05, 3.63) is 47.2 Å². The van der Waals surface area contributed by atoms with Crippen molar-refractivity contribution in [3.8, 4) is 0 Å². The molecule has 0 saturated carbocycles. The molecule has 0 aliphatic carbocycles. The topological polar surface area (TPSA) is 32.7 Å². The van der Waals surface area contributed by atoms with Crippen LogP contribution in [0.2, 0.25) is 0 Å². The van der Waals surface area contributed by atoms with Gasteiger partial charge in [-0.3, -0.25) is 4.79 Å². The molecule has 186 valence electrons. The summed E-state index contributed by atoms with van der Waals surface area (Å²) in [6, 6.07) is 9.80. The van der Waals surface area contributed by atoms with Crippen molar-refractivity contribution in [2.24, 2.45) is 16.8 Å². The SMILES string of the molecule is CCC(=O)C(N=C1C(F)CC(c2ccccc2)N1C)=C(C)C.CCC(CC(C)C)C(C)(F)F. The van der Waals surface area contributed by atoms with E-state index < -0.39 is 18.0 Å². The summed E-state index contributed by atoms with van der Waals surface area (Å²) in [5.74, 6) is -2.27. The van der Waals surface area contributed by atoms with Crippen LogP contribution in [0.15, 0.2) is 46.6 Å². The van der Waals surface area contributed by atoms with Crippen molar-refractivity contribution >= 4 is 11.6 Å². The second-order valence-electron chi connectivity index (χ2n) is 9.53. The Morgan fingerprint density at radius 2 is 1.76 bits per heavy atom. The van der Waals surface area contributed by atoms with E-state index in [-0.39, 0.29) is 11.8 Å². The summed E-state index contributed by atoms with van der Waals surface area (Å²) < 4.78 is 40.0. The zero-order chi connectivity index (χ0) is 25.3. The number of amidine groups is 1. The van der Waals surface area contributed by atoms with Crippen LogP contribution in [0.3, 0.4) is 0 Å². The van der Waals surface area contributed by atoms with Gasteiger partial charge in [-0.1, -0.05) is 58.0 Å². The Morgan fingerprint density at radius 1 is 1.18 bits per heavy atom. The summed E-state index contributed by atoms with van der Waals surface area (Å²) in [6.07, 6.45) is 0.798. The number of ketones is 1. The molecule has 1 saturated heterocycles. The number of benzene rings is 1. The Balaban J connectivity index is 0.000000420. The Morgan fingerprint density at radius 3 is 2.15 bits per heavy atom. The van der Waals surface area contributed by atoms with E-state index in [1.807, 2.05) is 76.9 Å². The fraction of sp³-hybridized carbons (Fsp3) is 0.630. The molecule has 1 heterocycles. The highest BCUT2D eigenvalue weighted by Crippen LogP contribution is 2.34. The maximum atomic E-state index is 14.5. The number of carbonyl (C=O) groups is 1. The number of rotatable bonds is 8. The number of halogens is 3. The first kappa shape index (κ1) is 28.9. The van der Waals surface area contributed by atoms with Crippen LogP contribution in [0.4, 0.5) is 13.2 Å². The van der Waals surface area contributed by atoms with E-state index in [1.165, 1.54) is 0 Å². The minimum Gasteiger partial charge on any atom is -0.353 e. The van der Waals surface area contributed by atoms with Crippen molar-refractivity contribution < 1.29 is 18.0 Å². The predicted octanol–water partition coefficient (Wildman–Crippen LogP) is 7.79. The van der Waals surface area contributed by atoms with E-state index in [0.717, 1.165) is 18.1 Å². The first-order valence-electron chi connectivity index (χ1n) is 11.9. The van der Waals surface area contributed by atoms with Crippen LogP contribution in [-0.4, -0.2) is 35.7 Å². The molecule has 0 N–H and O–H groups in total. The summed E-state index contributed by atoms with van der Waals surface area (Å²) >= 11 is 0. The lowest BCUT2D eigenvalue weighted by Crippen LogP contribution is -2.26. The maximum Gasteiger partial charge on any atom is 0.248 e. The zero-order valence-corrected chi connectivity index (χ0v) is 21.5. The molecular formula is C27H41F3N2O.